The molecule has 1 atom stereocenters. The minimum atomic E-state index is 0.226. The largest absolute Gasteiger partial charge is 0.395 e. The summed E-state index contributed by atoms with van der Waals surface area (Å²) in [7, 11) is 2.11. The highest BCUT2D eigenvalue weighted by molar-refractivity contribution is 4.68. The van der Waals surface area contributed by atoms with Gasteiger partial charge in [0.2, 0.25) is 0 Å². The van der Waals surface area contributed by atoms with Crippen molar-refractivity contribution in [3.8, 4) is 0 Å². The van der Waals surface area contributed by atoms with Crippen LogP contribution in [0.2, 0.25) is 0 Å². The van der Waals surface area contributed by atoms with Crippen molar-refractivity contribution >= 4 is 0 Å². The zero-order valence-electron chi connectivity index (χ0n) is 9.21. The molecule has 0 spiro atoms. The maximum atomic E-state index is 9.04. The highest BCUT2D eigenvalue weighted by Crippen LogP contribution is 1.93. The Morgan fingerprint density at radius 2 is 2.08 bits per heavy atom. The smallest absolute Gasteiger partial charge is 0.0597 e. The predicted molar refractivity (Wildman–Crippen MR) is 57.0 cm³/mol. The van der Waals surface area contributed by atoms with Gasteiger partial charge in [0.05, 0.1) is 6.61 Å². The number of nitrogens with one attached hydrogen (secondary N) is 1. The average molecular weight is 188 g/mol. The lowest BCUT2D eigenvalue weighted by Gasteiger charge is -2.22. The SMILES string of the molecule is CCCCN(C)CC(CO)NCC. The fourth-order valence-electron chi connectivity index (χ4n) is 1.37. The summed E-state index contributed by atoms with van der Waals surface area (Å²) in [6, 6.07) is 0.229. The quantitative estimate of drug-likeness (QED) is 0.588. The van der Waals surface area contributed by atoms with Gasteiger partial charge in [-0.15, -0.1) is 0 Å². The Kier molecular flexibility index (Phi) is 8.40. The number of nitrogens with zero attached hydrogens (tertiary/aromatic N) is 1. The van der Waals surface area contributed by atoms with Gasteiger partial charge in [-0.05, 0) is 26.6 Å². The molecule has 0 heterocycles. The summed E-state index contributed by atoms with van der Waals surface area (Å²) in [6.45, 7) is 7.47. The first kappa shape index (κ1) is 12.9. The van der Waals surface area contributed by atoms with Gasteiger partial charge in [-0.3, -0.25) is 0 Å². The van der Waals surface area contributed by atoms with Crippen molar-refractivity contribution in [1.29, 1.82) is 0 Å². The molecule has 0 radical (unpaired) electrons. The average Bonchev–Trinajstić information content (AvgIpc) is 2.14. The molecule has 0 bridgehead atoms. The Hall–Kier alpha value is -0.120. The highest BCUT2D eigenvalue weighted by Gasteiger charge is 2.07. The first-order valence-electron chi connectivity index (χ1n) is 5.27. The van der Waals surface area contributed by atoms with E-state index >= 15 is 0 Å². The Bertz CT molecular complexity index is 109. The second-order valence-corrected chi connectivity index (χ2v) is 3.55. The standard InChI is InChI=1S/C10H24N2O/c1-4-6-7-12(3)8-10(9-13)11-5-2/h10-11,13H,4-9H2,1-3H3. The third kappa shape index (κ3) is 6.99. The zero-order chi connectivity index (χ0) is 10.1. The molecule has 0 saturated carbocycles. The molecule has 80 valence electrons. The second-order valence-electron chi connectivity index (χ2n) is 3.55. The van der Waals surface area contributed by atoms with Crippen LogP contribution >= 0.6 is 0 Å². The van der Waals surface area contributed by atoms with Gasteiger partial charge in [0.1, 0.15) is 0 Å². The molecule has 3 nitrogen and oxygen atoms in total. The molecule has 3 heteroatoms. The fourth-order valence-corrected chi connectivity index (χ4v) is 1.37. The Morgan fingerprint density at radius 1 is 1.38 bits per heavy atom. The summed E-state index contributed by atoms with van der Waals surface area (Å²) < 4.78 is 0. The van der Waals surface area contributed by atoms with Crippen LogP contribution in [0.25, 0.3) is 0 Å². The van der Waals surface area contributed by atoms with Crippen LogP contribution in [0.3, 0.4) is 0 Å². The third-order valence-electron chi connectivity index (χ3n) is 2.14. The molecule has 13 heavy (non-hydrogen) atoms. The fraction of sp³-hybridized carbons (Fsp3) is 1.00. The van der Waals surface area contributed by atoms with Gasteiger partial charge in [0, 0.05) is 12.6 Å². The minimum absolute atomic E-state index is 0.226. The van der Waals surface area contributed by atoms with Crippen molar-refractivity contribution in [2.24, 2.45) is 0 Å². The lowest BCUT2D eigenvalue weighted by atomic mass is 10.2. The van der Waals surface area contributed by atoms with E-state index in [-0.39, 0.29) is 12.6 Å². The lowest BCUT2D eigenvalue weighted by molar-refractivity contribution is 0.199. The van der Waals surface area contributed by atoms with Crippen LogP contribution in [0.5, 0.6) is 0 Å². The highest BCUT2D eigenvalue weighted by atomic mass is 16.3. The summed E-state index contributed by atoms with van der Waals surface area (Å²) >= 11 is 0. The summed E-state index contributed by atoms with van der Waals surface area (Å²) in [4.78, 5) is 2.27. The van der Waals surface area contributed by atoms with Crippen molar-refractivity contribution < 1.29 is 5.11 Å². The Balaban J connectivity index is 3.53. The van der Waals surface area contributed by atoms with E-state index in [1.165, 1.54) is 12.8 Å². The van der Waals surface area contributed by atoms with Crippen LogP contribution in [-0.4, -0.2) is 49.3 Å². The summed E-state index contributed by atoms with van der Waals surface area (Å²) in [5, 5.41) is 12.3. The van der Waals surface area contributed by atoms with E-state index in [9.17, 15) is 0 Å². The normalized spacial score (nSPS) is 13.6. The molecule has 0 aromatic carbocycles. The minimum Gasteiger partial charge on any atom is -0.395 e. The molecule has 0 rings (SSSR count). The van der Waals surface area contributed by atoms with E-state index in [2.05, 4.69) is 31.1 Å². The Labute approximate surface area is 82.1 Å². The maximum Gasteiger partial charge on any atom is 0.0597 e. The number of hydrogen-bond acceptors (Lipinski definition) is 3. The number of aliphatic hydroxyl groups excluding tert-OH is 1. The van der Waals surface area contributed by atoms with Crippen molar-refractivity contribution in [3.63, 3.8) is 0 Å². The summed E-state index contributed by atoms with van der Waals surface area (Å²) in [5.41, 5.74) is 0. The van der Waals surface area contributed by atoms with Gasteiger partial charge in [-0.2, -0.15) is 0 Å². The van der Waals surface area contributed by atoms with Gasteiger partial charge in [-0.1, -0.05) is 20.3 Å². The van der Waals surface area contributed by atoms with Crippen LogP contribution in [0.4, 0.5) is 0 Å². The van der Waals surface area contributed by atoms with Crippen LogP contribution in [0.15, 0.2) is 0 Å². The van der Waals surface area contributed by atoms with Crippen LogP contribution in [0.1, 0.15) is 26.7 Å². The molecule has 0 aromatic heterocycles. The number of unbranched alkanes of at least 4 members (excludes halogenated alkanes) is 1. The topological polar surface area (TPSA) is 35.5 Å². The number of hydrogen-bond donors (Lipinski definition) is 2. The number of rotatable bonds is 8. The van der Waals surface area contributed by atoms with E-state index in [1.54, 1.807) is 0 Å². The first-order chi connectivity index (χ1) is 6.24. The van der Waals surface area contributed by atoms with Gasteiger partial charge >= 0.3 is 0 Å². The molecule has 1 unspecified atom stereocenters. The van der Waals surface area contributed by atoms with Crippen molar-refractivity contribution in [1.82, 2.24) is 10.2 Å². The van der Waals surface area contributed by atoms with E-state index in [4.69, 9.17) is 5.11 Å². The first-order valence-corrected chi connectivity index (χ1v) is 5.27. The molecule has 0 amide bonds. The summed E-state index contributed by atoms with van der Waals surface area (Å²) in [5.74, 6) is 0. The molecule has 0 aliphatic carbocycles. The molecule has 0 fully saturated rings. The lowest BCUT2D eigenvalue weighted by Crippen LogP contribution is -2.42. The van der Waals surface area contributed by atoms with Crippen molar-refractivity contribution in [3.05, 3.63) is 0 Å². The molecular weight excluding hydrogens is 164 g/mol. The zero-order valence-corrected chi connectivity index (χ0v) is 9.21. The van der Waals surface area contributed by atoms with E-state index < -0.39 is 0 Å². The third-order valence-corrected chi connectivity index (χ3v) is 2.14. The Morgan fingerprint density at radius 3 is 2.54 bits per heavy atom. The van der Waals surface area contributed by atoms with Gasteiger partial charge in [0.15, 0.2) is 0 Å². The number of likely N-dealkylation sites (N-methyl/N-ethyl adjacent to an activating group) is 2. The monoisotopic (exact) mass is 188 g/mol. The van der Waals surface area contributed by atoms with Gasteiger partial charge in [-0.25, -0.2) is 0 Å². The number of aliphatic hydroxyl groups is 1. The van der Waals surface area contributed by atoms with Crippen LogP contribution in [-0.2, 0) is 0 Å². The van der Waals surface area contributed by atoms with E-state index in [1.807, 2.05) is 0 Å². The van der Waals surface area contributed by atoms with Gasteiger partial charge in [0.25, 0.3) is 0 Å². The van der Waals surface area contributed by atoms with Crippen molar-refractivity contribution in [2.45, 2.75) is 32.7 Å². The van der Waals surface area contributed by atoms with E-state index in [0.717, 1.165) is 19.6 Å². The molecular formula is C10H24N2O. The summed E-state index contributed by atoms with van der Waals surface area (Å²) in [6.07, 6.45) is 2.47. The second kappa shape index (κ2) is 8.48. The molecule has 0 aliphatic rings. The van der Waals surface area contributed by atoms with Crippen LogP contribution in [0, 0.1) is 0 Å². The van der Waals surface area contributed by atoms with E-state index in [0.29, 0.717) is 0 Å². The van der Waals surface area contributed by atoms with Gasteiger partial charge < -0.3 is 15.3 Å². The predicted octanol–water partition coefficient (Wildman–Crippen LogP) is 0.689. The molecule has 0 aromatic rings. The van der Waals surface area contributed by atoms with Crippen LogP contribution < -0.4 is 5.32 Å². The molecule has 0 aliphatic heterocycles. The molecule has 0 saturated heterocycles. The molecule has 2 N–H and O–H groups in total. The maximum absolute atomic E-state index is 9.04. The van der Waals surface area contributed by atoms with Crippen molar-refractivity contribution in [2.75, 3.05) is 33.3 Å².